The van der Waals surface area contributed by atoms with Gasteiger partial charge < -0.3 is 14.4 Å². The molecule has 1 heterocycles. The standard InChI is InChI=1S/C20H22BrN3O2/c1-5-24(3)14-22-19-13-18(21)20(23-15(19)2)26-12-6-7-16-8-10-17(25-4)11-9-16/h8-11,13-14H,5,12H2,1-4H3. The third-order valence-electron chi connectivity index (χ3n) is 3.60. The topological polar surface area (TPSA) is 47.0 Å². The van der Waals surface area contributed by atoms with Crippen LogP contribution in [0.25, 0.3) is 0 Å². The van der Waals surface area contributed by atoms with Gasteiger partial charge in [0.15, 0.2) is 6.61 Å². The lowest BCUT2D eigenvalue weighted by Gasteiger charge is -2.10. The molecule has 26 heavy (non-hydrogen) atoms. The summed E-state index contributed by atoms with van der Waals surface area (Å²) in [7, 11) is 3.61. The number of halogens is 1. The second-order valence-electron chi connectivity index (χ2n) is 5.52. The van der Waals surface area contributed by atoms with Crippen LogP contribution in [0.4, 0.5) is 5.69 Å². The molecule has 5 nitrogen and oxygen atoms in total. The number of aromatic nitrogens is 1. The van der Waals surface area contributed by atoms with Crippen LogP contribution in [0.2, 0.25) is 0 Å². The Morgan fingerprint density at radius 2 is 2.04 bits per heavy atom. The Morgan fingerprint density at radius 1 is 1.31 bits per heavy atom. The van der Waals surface area contributed by atoms with Gasteiger partial charge in [0.1, 0.15) is 5.75 Å². The summed E-state index contributed by atoms with van der Waals surface area (Å²) < 4.78 is 11.5. The van der Waals surface area contributed by atoms with E-state index in [0.717, 1.165) is 33.7 Å². The average Bonchev–Trinajstić information content (AvgIpc) is 2.66. The van der Waals surface area contributed by atoms with Crippen LogP contribution in [-0.4, -0.2) is 43.5 Å². The van der Waals surface area contributed by atoms with E-state index in [2.05, 4.69) is 44.7 Å². The third kappa shape index (κ3) is 5.78. The SMILES string of the molecule is CCN(C)C=Nc1cc(Br)c(OCC#Cc2ccc(OC)cc2)nc1C. The van der Waals surface area contributed by atoms with Crippen molar-refractivity contribution in [3.05, 3.63) is 46.1 Å². The van der Waals surface area contributed by atoms with E-state index in [-0.39, 0.29) is 6.61 Å². The van der Waals surface area contributed by atoms with E-state index < -0.39 is 0 Å². The molecule has 2 rings (SSSR count). The number of pyridine rings is 1. The lowest BCUT2D eigenvalue weighted by Crippen LogP contribution is -2.14. The van der Waals surface area contributed by atoms with Gasteiger partial charge >= 0.3 is 0 Å². The molecule has 0 radical (unpaired) electrons. The van der Waals surface area contributed by atoms with E-state index in [1.807, 2.05) is 49.2 Å². The third-order valence-corrected chi connectivity index (χ3v) is 4.17. The van der Waals surface area contributed by atoms with Crippen molar-refractivity contribution in [1.82, 2.24) is 9.88 Å². The Morgan fingerprint density at radius 3 is 2.69 bits per heavy atom. The molecule has 0 saturated carbocycles. The van der Waals surface area contributed by atoms with E-state index >= 15 is 0 Å². The largest absolute Gasteiger partial charge is 0.497 e. The number of methoxy groups -OCH3 is 1. The zero-order valence-electron chi connectivity index (χ0n) is 15.4. The Bertz CT molecular complexity index is 823. The Labute approximate surface area is 163 Å². The highest BCUT2D eigenvalue weighted by molar-refractivity contribution is 9.10. The number of hydrogen-bond donors (Lipinski definition) is 0. The zero-order chi connectivity index (χ0) is 18.9. The Kier molecular flexibility index (Phi) is 7.49. The van der Waals surface area contributed by atoms with Gasteiger partial charge in [0.25, 0.3) is 0 Å². The molecule has 1 aromatic carbocycles. The zero-order valence-corrected chi connectivity index (χ0v) is 17.0. The van der Waals surface area contributed by atoms with Gasteiger partial charge in [0, 0.05) is 19.2 Å². The van der Waals surface area contributed by atoms with Gasteiger partial charge in [0.2, 0.25) is 5.88 Å². The van der Waals surface area contributed by atoms with Gasteiger partial charge in [-0.25, -0.2) is 9.98 Å². The molecule has 0 N–H and O–H groups in total. The van der Waals surface area contributed by atoms with Crippen molar-refractivity contribution >= 4 is 28.0 Å². The van der Waals surface area contributed by atoms with Crippen LogP contribution < -0.4 is 9.47 Å². The summed E-state index contributed by atoms with van der Waals surface area (Å²) in [6.45, 7) is 5.11. The van der Waals surface area contributed by atoms with Crippen LogP contribution in [-0.2, 0) is 0 Å². The summed E-state index contributed by atoms with van der Waals surface area (Å²) in [5.74, 6) is 7.35. The molecule has 0 unspecified atom stereocenters. The second-order valence-corrected chi connectivity index (χ2v) is 6.37. The molecule has 0 aliphatic carbocycles. The van der Waals surface area contributed by atoms with E-state index in [9.17, 15) is 0 Å². The fourth-order valence-electron chi connectivity index (χ4n) is 1.94. The van der Waals surface area contributed by atoms with Crippen molar-refractivity contribution in [3.8, 4) is 23.5 Å². The predicted octanol–water partition coefficient (Wildman–Crippen LogP) is 4.20. The molecule has 0 aliphatic heterocycles. The fraction of sp³-hybridized carbons (Fsp3) is 0.300. The minimum atomic E-state index is 0.248. The van der Waals surface area contributed by atoms with Crippen molar-refractivity contribution in [2.24, 2.45) is 4.99 Å². The van der Waals surface area contributed by atoms with Crippen LogP contribution in [0.1, 0.15) is 18.2 Å². The number of rotatable bonds is 6. The molecular weight excluding hydrogens is 394 g/mol. The van der Waals surface area contributed by atoms with Crippen LogP contribution in [0, 0.1) is 18.8 Å². The Hall–Kier alpha value is -2.52. The molecule has 0 bridgehead atoms. The number of nitrogens with zero attached hydrogens (tertiary/aromatic N) is 3. The molecule has 6 heteroatoms. The van der Waals surface area contributed by atoms with Crippen molar-refractivity contribution in [1.29, 1.82) is 0 Å². The number of aryl methyl sites for hydroxylation is 1. The summed E-state index contributed by atoms with van der Waals surface area (Å²) >= 11 is 3.48. The van der Waals surface area contributed by atoms with Crippen LogP contribution in [0.3, 0.4) is 0 Å². The highest BCUT2D eigenvalue weighted by Gasteiger charge is 2.07. The smallest absolute Gasteiger partial charge is 0.229 e. The monoisotopic (exact) mass is 415 g/mol. The molecule has 0 spiro atoms. The lowest BCUT2D eigenvalue weighted by atomic mass is 10.2. The maximum absolute atomic E-state index is 5.67. The summed E-state index contributed by atoms with van der Waals surface area (Å²) in [5, 5.41) is 0. The molecule has 2 aromatic rings. The first kappa shape index (κ1) is 19.8. The van der Waals surface area contributed by atoms with Crippen molar-refractivity contribution in [2.75, 3.05) is 27.3 Å². The quantitative estimate of drug-likeness (QED) is 0.402. The summed E-state index contributed by atoms with van der Waals surface area (Å²) in [6.07, 6.45) is 1.79. The minimum Gasteiger partial charge on any atom is -0.497 e. The number of hydrogen-bond acceptors (Lipinski definition) is 4. The fourth-order valence-corrected chi connectivity index (χ4v) is 2.36. The van der Waals surface area contributed by atoms with Crippen LogP contribution >= 0.6 is 15.9 Å². The first-order valence-corrected chi connectivity index (χ1v) is 9.00. The van der Waals surface area contributed by atoms with Crippen molar-refractivity contribution < 1.29 is 9.47 Å². The molecule has 1 aromatic heterocycles. The maximum atomic E-state index is 5.67. The number of benzene rings is 1. The van der Waals surface area contributed by atoms with E-state index in [0.29, 0.717) is 5.88 Å². The van der Waals surface area contributed by atoms with Crippen molar-refractivity contribution in [3.63, 3.8) is 0 Å². The molecule has 0 amide bonds. The average molecular weight is 416 g/mol. The minimum absolute atomic E-state index is 0.248. The van der Waals surface area contributed by atoms with Crippen molar-refractivity contribution in [2.45, 2.75) is 13.8 Å². The van der Waals surface area contributed by atoms with Gasteiger partial charge in [-0.1, -0.05) is 11.8 Å². The van der Waals surface area contributed by atoms with E-state index in [4.69, 9.17) is 9.47 Å². The summed E-state index contributed by atoms with van der Waals surface area (Å²) in [6, 6.07) is 9.46. The Balaban J connectivity index is 2.00. The first-order valence-electron chi connectivity index (χ1n) is 8.20. The van der Waals surface area contributed by atoms with E-state index in [1.54, 1.807) is 13.4 Å². The maximum Gasteiger partial charge on any atom is 0.229 e. The number of aliphatic imine (C=N–C) groups is 1. The molecule has 0 atom stereocenters. The lowest BCUT2D eigenvalue weighted by molar-refractivity contribution is 0.352. The van der Waals surface area contributed by atoms with Gasteiger partial charge in [-0.3, -0.25) is 0 Å². The molecular formula is C20H22BrN3O2. The molecule has 0 fully saturated rings. The second kappa shape index (κ2) is 9.83. The van der Waals surface area contributed by atoms with E-state index in [1.165, 1.54) is 0 Å². The molecule has 0 saturated heterocycles. The van der Waals surface area contributed by atoms with Crippen LogP contribution in [0.5, 0.6) is 11.6 Å². The number of ether oxygens (including phenoxy) is 2. The van der Waals surface area contributed by atoms with Gasteiger partial charge in [-0.2, -0.15) is 0 Å². The van der Waals surface area contributed by atoms with Crippen LogP contribution in [0.15, 0.2) is 39.8 Å². The van der Waals surface area contributed by atoms with Gasteiger partial charge in [0.05, 0.1) is 29.3 Å². The highest BCUT2D eigenvalue weighted by Crippen LogP contribution is 2.29. The highest BCUT2D eigenvalue weighted by atomic mass is 79.9. The molecule has 136 valence electrons. The first-order chi connectivity index (χ1) is 12.5. The summed E-state index contributed by atoms with van der Waals surface area (Å²) in [4.78, 5) is 10.9. The summed E-state index contributed by atoms with van der Waals surface area (Å²) in [5.41, 5.74) is 2.50. The van der Waals surface area contributed by atoms with Gasteiger partial charge in [-0.05, 0) is 60.1 Å². The predicted molar refractivity (Wildman–Crippen MR) is 108 cm³/mol. The normalized spacial score (nSPS) is 10.3. The van der Waals surface area contributed by atoms with Gasteiger partial charge in [-0.15, -0.1) is 0 Å². The molecule has 0 aliphatic rings.